The number of alkyl halides is 1. The van der Waals surface area contributed by atoms with E-state index < -0.39 is 0 Å². The van der Waals surface area contributed by atoms with Gasteiger partial charge in [-0.1, -0.05) is 24.3 Å². The van der Waals surface area contributed by atoms with Gasteiger partial charge in [-0.25, -0.2) is 9.97 Å². The standard InChI is InChI=1S/C15H14ClN3S/c1-10-8-20-14-13(10)18-9-19-15(14)17-7-12-4-2-3-11(5-12)6-16/h2-5,8-9H,6-7H2,1H3,(H,17,18,19). The highest BCUT2D eigenvalue weighted by molar-refractivity contribution is 7.18. The summed E-state index contributed by atoms with van der Waals surface area (Å²) in [5, 5.41) is 5.49. The number of rotatable bonds is 4. The van der Waals surface area contributed by atoms with Crippen LogP contribution in [-0.2, 0) is 12.4 Å². The maximum absolute atomic E-state index is 5.86. The summed E-state index contributed by atoms with van der Waals surface area (Å²) in [4.78, 5) is 8.67. The van der Waals surface area contributed by atoms with Crippen molar-refractivity contribution in [2.45, 2.75) is 19.3 Å². The first-order valence-electron chi connectivity index (χ1n) is 6.34. The molecule has 3 nitrogen and oxygen atoms in total. The molecule has 0 saturated heterocycles. The number of anilines is 1. The molecule has 1 aromatic carbocycles. The summed E-state index contributed by atoms with van der Waals surface area (Å²) in [6.07, 6.45) is 1.61. The van der Waals surface area contributed by atoms with Crippen molar-refractivity contribution in [3.63, 3.8) is 0 Å². The van der Waals surface area contributed by atoms with Crippen molar-refractivity contribution < 1.29 is 0 Å². The molecule has 0 aliphatic carbocycles. The molecular formula is C15H14ClN3S. The second kappa shape index (κ2) is 5.77. The molecule has 2 heterocycles. The van der Waals surface area contributed by atoms with Crippen molar-refractivity contribution in [3.05, 3.63) is 52.7 Å². The molecule has 3 aromatic rings. The van der Waals surface area contributed by atoms with E-state index >= 15 is 0 Å². The molecule has 0 radical (unpaired) electrons. The van der Waals surface area contributed by atoms with Gasteiger partial charge < -0.3 is 5.32 Å². The molecule has 2 aromatic heterocycles. The summed E-state index contributed by atoms with van der Waals surface area (Å²) in [5.74, 6) is 1.43. The van der Waals surface area contributed by atoms with Crippen molar-refractivity contribution >= 4 is 39.0 Å². The fraction of sp³-hybridized carbons (Fsp3) is 0.200. The highest BCUT2D eigenvalue weighted by atomic mass is 35.5. The largest absolute Gasteiger partial charge is 0.365 e. The highest BCUT2D eigenvalue weighted by Crippen LogP contribution is 2.28. The summed E-state index contributed by atoms with van der Waals surface area (Å²) < 4.78 is 1.11. The third-order valence-electron chi connectivity index (χ3n) is 3.14. The van der Waals surface area contributed by atoms with E-state index in [0.717, 1.165) is 28.1 Å². The Bertz CT molecular complexity index is 739. The van der Waals surface area contributed by atoms with Crippen molar-refractivity contribution in [1.29, 1.82) is 0 Å². The summed E-state index contributed by atoms with van der Waals surface area (Å²) in [6, 6.07) is 8.25. The van der Waals surface area contributed by atoms with Crippen LogP contribution in [0.2, 0.25) is 0 Å². The smallest absolute Gasteiger partial charge is 0.147 e. The topological polar surface area (TPSA) is 37.8 Å². The Morgan fingerprint density at radius 1 is 1.25 bits per heavy atom. The maximum Gasteiger partial charge on any atom is 0.147 e. The van der Waals surface area contributed by atoms with Crippen LogP contribution in [0.4, 0.5) is 5.82 Å². The van der Waals surface area contributed by atoms with Crippen LogP contribution in [0.1, 0.15) is 16.7 Å². The lowest BCUT2D eigenvalue weighted by molar-refractivity contribution is 1.10. The molecule has 3 rings (SSSR count). The quantitative estimate of drug-likeness (QED) is 0.728. The van der Waals surface area contributed by atoms with Crippen LogP contribution < -0.4 is 5.32 Å². The third kappa shape index (κ3) is 2.62. The molecule has 5 heteroatoms. The first kappa shape index (κ1) is 13.3. The van der Waals surface area contributed by atoms with E-state index in [0.29, 0.717) is 5.88 Å². The average Bonchev–Trinajstić information content (AvgIpc) is 2.88. The fourth-order valence-corrected chi connectivity index (χ4v) is 3.24. The van der Waals surface area contributed by atoms with Crippen LogP contribution in [0.3, 0.4) is 0 Å². The highest BCUT2D eigenvalue weighted by Gasteiger charge is 2.07. The molecule has 0 atom stereocenters. The number of hydrogen-bond acceptors (Lipinski definition) is 4. The maximum atomic E-state index is 5.86. The van der Waals surface area contributed by atoms with E-state index in [9.17, 15) is 0 Å². The van der Waals surface area contributed by atoms with Crippen LogP contribution in [0.15, 0.2) is 36.0 Å². The first-order valence-corrected chi connectivity index (χ1v) is 7.76. The average molecular weight is 304 g/mol. The number of halogens is 1. The van der Waals surface area contributed by atoms with Gasteiger partial charge in [0.25, 0.3) is 0 Å². The SMILES string of the molecule is Cc1csc2c(NCc3cccc(CCl)c3)ncnc12. The van der Waals surface area contributed by atoms with Gasteiger partial charge in [0.15, 0.2) is 0 Å². The van der Waals surface area contributed by atoms with E-state index in [1.165, 1.54) is 11.1 Å². The van der Waals surface area contributed by atoms with Crippen molar-refractivity contribution in [1.82, 2.24) is 9.97 Å². The summed E-state index contributed by atoms with van der Waals surface area (Å²) in [7, 11) is 0. The van der Waals surface area contributed by atoms with Gasteiger partial charge in [-0.3, -0.25) is 0 Å². The monoisotopic (exact) mass is 303 g/mol. The zero-order valence-corrected chi connectivity index (χ0v) is 12.6. The number of hydrogen-bond donors (Lipinski definition) is 1. The summed E-state index contributed by atoms with van der Waals surface area (Å²) >= 11 is 7.53. The summed E-state index contributed by atoms with van der Waals surface area (Å²) in [5.41, 5.74) is 4.55. The van der Waals surface area contributed by atoms with Crippen molar-refractivity contribution in [3.8, 4) is 0 Å². The molecule has 0 amide bonds. The molecular weight excluding hydrogens is 290 g/mol. The zero-order valence-electron chi connectivity index (χ0n) is 11.1. The zero-order chi connectivity index (χ0) is 13.9. The van der Waals surface area contributed by atoms with E-state index in [1.54, 1.807) is 17.7 Å². The predicted molar refractivity (Wildman–Crippen MR) is 85.5 cm³/mol. The van der Waals surface area contributed by atoms with Crippen LogP contribution in [0.25, 0.3) is 10.2 Å². The van der Waals surface area contributed by atoms with E-state index in [2.05, 4.69) is 39.7 Å². The van der Waals surface area contributed by atoms with Crippen molar-refractivity contribution in [2.24, 2.45) is 0 Å². The van der Waals surface area contributed by atoms with Crippen LogP contribution >= 0.6 is 22.9 Å². The Morgan fingerprint density at radius 3 is 2.95 bits per heavy atom. The molecule has 0 fully saturated rings. The Balaban J connectivity index is 1.83. The second-order valence-corrected chi connectivity index (χ2v) is 5.77. The van der Waals surface area contributed by atoms with Gasteiger partial charge in [0.05, 0.1) is 10.2 Å². The lowest BCUT2D eigenvalue weighted by Gasteiger charge is -2.07. The predicted octanol–water partition coefficient (Wildman–Crippen LogP) is 4.35. The first-order chi connectivity index (χ1) is 9.78. The van der Waals surface area contributed by atoms with Gasteiger partial charge in [-0.15, -0.1) is 22.9 Å². The van der Waals surface area contributed by atoms with Crippen LogP contribution in [0, 0.1) is 6.92 Å². The summed E-state index contributed by atoms with van der Waals surface area (Å²) in [6.45, 7) is 2.80. The van der Waals surface area contributed by atoms with Gasteiger partial charge in [0, 0.05) is 12.4 Å². The van der Waals surface area contributed by atoms with Crippen LogP contribution in [-0.4, -0.2) is 9.97 Å². The molecule has 20 heavy (non-hydrogen) atoms. The number of fused-ring (bicyclic) bond motifs is 1. The number of nitrogens with zero attached hydrogens (tertiary/aromatic N) is 2. The third-order valence-corrected chi connectivity index (χ3v) is 4.54. The fourth-order valence-electron chi connectivity index (χ4n) is 2.10. The molecule has 0 bridgehead atoms. The Labute approximate surface area is 126 Å². The molecule has 0 saturated carbocycles. The van der Waals surface area contributed by atoms with E-state index in [1.807, 2.05) is 12.1 Å². The molecule has 102 valence electrons. The van der Waals surface area contributed by atoms with Gasteiger partial charge in [-0.05, 0) is 29.0 Å². The van der Waals surface area contributed by atoms with Crippen molar-refractivity contribution in [2.75, 3.05) is 5.32 Å². The van der Waals surface area contributed by atoms with Crippen LogP contribution in [0.5, 0.6) is 0 Å². The molecule has 1 N–H and O–H groups in total. The van der Waals surface area contributed by atoms with Gasteiger partial charge in [0.2, 0.25) is 0 Å². The molecule has 0 unspecified atom stereocenters. The normalized spacial score (nSPS) is 10.9. The Kier molecular flexibility index (Phi) is 3.85. The lowest BCUT2D eigenvalue weighted by Crippen LogP contribution is -2.02. The molecule has 0 spiro atoms. The minimum Gasteiger partial charge on any atom is -0.365 e. The molecule has 0 aliphatic heterocycles. The number of thiophene rings is 1. The number of aryl methyl sites for hydroxylation is 1. The number of nitrogens with one attached hydrogen (secondary N) is 1. The van der Waals surface area contributed by atoms with Gasteiger partial charge in [-0.2, -0.15) is 0 Å². The van der Waals surface area contributed by atoms with Gasteiger partial charge >= 0.3 is 0 Å². The second-order valence-electron chi connectivity index (χ2n) is 4.63. The number of benzene rings is 1. The number of aromatic nitrogens is 2. The molecule has 0 aliphatic rings. The minimum absolute atomic E-state index is 0.537. The minimum atomic E-state index is 0.537. The Hall–Kier alpha value is -1.65. The van der Waals surface area contributed by atoms with E-state index in [4.69, 9.17) is 11.6 Å². The van der Waals surface area contributed by atoms with Gasteiger partial charge in [0.1, 0.15) is 12.1 Å². The Morgan fingerprint density at radius 2 is 2.10 bits per heavy atom. The lowest BCUT2D eigenvalue weighted by atomic mass is 10.1. The van der Waals surface area contributed by atoms with E-state index in [-0.39, 0.29) is 0 Å².